The number of carbonyl (C=O) groups excluding carboxylic acids is 1. The van der Waals surface area contributed by atoms with E-state index in [1.165, 1.54) is 6.33 Å². The zero-order chi connectivity index (χ0) is 15.1. The van der Waals surface area contributed by atoms with Crippen LogP contribution in [0.25, 0.3) is 10.2 Å². The van der Waals surface area contributed by atoms with Crippen molar-refractivity contribution in [1.82, 2.24) is 15.3 Å². The van der Waals surface area contributed by atoms with Gasteiger partial charge in [0.15, 0.2) is 0 Å². The molecule has 0 aliphatic carbocycles. The lowest BCUT2D eigenvalue weighted by molar-refractivity contribution is -0.122. The molecule has 7 nitrogen and oxygen atoms in total. The van der Waals surface area contributed by atoms with Gasteiger partial charge in [0.25, 0.3) is 0 Å². The average molecular weight is 306 g/mol. The van der Waals surface area contributed by atoms with Gasteiger partial charge in [-0.3, -0.25) is 4.79 Å². The lowest BCUT2D eigenvalue weighted by Gasteiger charge is -2.34. The first-order chi connectivity index (χ1) is 10.0. The molecule has 0 radical (unpaired) electrons. The van der Waals surface area contributed by atoms with Gasteiger partial charge < -0.3 is 15.3 Å². The number of aromatic nitrogens is 2. The number of rotatable bonds is 2. The molecule has 0 aromatic carbocycles. The smallest absolute Gasteiger partial charge is 0.346 e. The van der Waals surface area contributed by atoms with Crippen molar-refractivity contribution >= 4 is 39.2 Å². The minimum absolute atomic E-state index is 0.0562. The number of nitrogens with one attached hydrogen (secondary N) is 1. The maximum atomic E-state index is 11.8. The van der Waals surface area contributed by atoms with Gasteiger partial charge in [0.2, 0.25) is 5.91 Å². The highest BCUT2D eigenvalue weighted by atomic mass is 32.1. The summed E-state index contributed by atoms with van der Waals surface area (Å²) in [6, 6.07) is -0.343. The summed E-state index contributed by atoms with van der Waals surface area (Å²) in [4.78, 5) is 34.4. The van der Waals surface area contributed by atoms with Gasteiger partial charge >= 0.3 is 5.97 Å². The molecule has 2 aromatic rings. The van der Waals surface area contributed by atoms with Gasteiger partial charge in [-0.25, -0.2) is 14.8 Å². The molecule has 0 spiro atoms. The number of nitrogens with zero attached hydrogens (tertiary/aromatic N) is 3. The lowest BCUT2D eigenvalue weighted by Crippen LogP contribution is -2.54. The molecule has 1 atom stereocenters. The predicted molar refractivity (Wildman–Crippen MR) is 78.9 cm³/mol. The highest BCUT2D eigenvalue weighted by Gasteiger charge is 2.29. The highest BCUT2D eigenvalue weighted by Crippen LogP contribution is 2.35. The average Bonchev–Trinajstić information content (AvgIpc) is 2.80. The Labute approximate surface area is 124 Å². The van der Waals surface area contributed by atoms with Crippen LogP contribution in [-0.4, -0.2) is 46.1 Å². The maximum absolute atomic E-state index is 11.8. The van der Waals surface area contributed by atoms with Crippen LogP contribution >= 0.6 is 11.3 Å². The summed E-state index contributed by atoms with van der Waals surface area (Å²) in [7, 11) is 0. The van der Waals surface area contributed by atoms with E-state index in [1.807, 2.05) is 11.8 Å². The molecule has 8 heteroatoms. The van der Waals surface area contributed by atoms with Gasteiger partial charge in [0.1, 0.15) is 27.9 Å². The van der Waals surface area contributed by atoms with Crippen LogP contribution in [0.1, 0.15) is 22.2 Å². The molecule has 2 N–H and O–H groups in total. The summed E-state index contributed by atoms with van der Waals surface area (Å²) < 4.78 is 0. The second-order valence-corrected chi connectivity index (χ2v) is 5.90. The SMILES string of the molecule is Cc1c(C(=O)O)sc2ncnc(N3CCNC(=O)C3C)c12. The van der Waals surface area contributed by atoms with Crippen LogP contribution in [0.4, 0.5) is 5.82 Å². The Morgan fingerprint density at radius 2 is 2.29 bits per heavy atom. The molecule has 3 rings (SSSR count). The van der Waals surface area contributed by atoms with Crippen LogP contribution in [0.3, 0.4) is 0 Å². The van der Waals surface area contributed by atoms with Gasteiger partial charge in [0, 0.05) is 13.1 Å². The van der Waals surface area contributed by atoms with Crippen LogP contribution in [0.2, 0.25) is 0 Å². The molecule has 1 amide bonds. The number of carboxylic acid groups (broad SMARTS) is 1. The maximum Gasteiger partial charge on any atom is 0.346 e. The number of carboxylic acids is 1. The number of thiophene rings is 1. The molecule has 0 bridgehead atoms. The number of hydrogen-bond acceptors (Lipinski definition) is 6. The Bertz CT molecular complexity index is 742. The molecule has 0 saturated carbocycles. The second-order valence-electron chi connectivity index (χ2n) is 4.90. The van der Waals surface area contributed by atoms with Gasteiger partial charge in [-0.15, -0.1) is 11.3 Å². The van der Waals surface area contributed by atoms with Crippen LogP contribution in [-0.2, 0) is 4.79 Å². The largest absolute Gasteiger partial charge is 0.477 e. The highest BCUT2D eigenvalue weighted by molar-refractivity contribution is 7.20. The Morgan fingerprint density at radius 1 is 1.52 bits per heavy atom. The van der Waals surface area contributed by atoms with Gasteiger partial charge in [-0.05, 0) is 19.4 Å². The predicted octanol–water partition coefficient (Wildman–Crippen LogP) is 1.02. The number of aryl methyl sites for hydroxylation is 1. The van der Waals surface area contributed by atoms with Crippen LogP contribution < -0.4 is 10.2 Å². The number of amides is 1. The van der Waals surface area contributed by atoms with Crippen molar-refractivity contribution in [2.75, 3.05) is 18.0 Å². The van der Waals surface area contributed by atoms with E-state index in [0.29, 0.717) is 29.3 Å². The molecule has 1 unspecified atom stereocenters. The third-order valence-corrected chi connectivity index (χ3v) is 4.86. The normalized spacial score (nSPS) is 18.9. The van der Waals surface area contributed by atoms with Crippen molar-refractivity contribution in [2.24, 2.45) is 0 Å². The van der Waals surface area contributed by atoms with E-state index < -0.39 is 5.97 Å². The number of piperazine rings is 1. The quantitative estimate of drug-likeness (QED) is 0.860. The molecule has 1 aliphatic rings. The summed E-state index contributed by atoms with van der Waals surface area (Å²) >= 11 is 1.13. The summed E-state index contributed by atoms with van der Waals surface area (Å²) in [5.74, 6) is -0.395. The summed E-state index contributed by atoms with van der Waals surface area (Å²) in [6.45, 7) is 4.74. The topological polar surface area (TPSA) is 95.4 Å². The van der Waals surface area contributed by atoms with E-state index in [-0.39, 0.29) is 16.8 Å². The Balaban J connectivity index is 2.19. The standard InChI is InChI=1S/C13H14N4O3S/c1-6-8-10(17-4-3-14-11(18)7(17)2)15-5-16-12(8)21-9(6)13(19)20/h5,7H,3-4H2,1-2H3,(H,14,18)(H,19,20). The minimum Gasteiger partial charge on any atom is -0.477 e. The second kappa shape index (κ2) is 4.96. The monoisotopic (exact) mass is 306 g/mol. The van der Waals surface area contributed by atoms with Crippen molar-refractivity contribution in [3.63, 3.8) is 0 Å². The van der Waals surface area contributed by atoms with Crippen molar-refractivity contribution in [1.29, 1.82) is 0 Å². The van der Waals surface area contributed by atoms with Gasteiger partial charge in [-0.1, -0.05) is 0 Å². The fourth-order valence-corrected chi connectivity index (χ4v) is 3.53. The zero-order valence-electron chi connectivity index (χ0n) is 11.6. The number of anilines is 1. The minimum atomic E-state index is -0.967. The third-order valence-electron chi connectivity index (χ3n) is 3.67. The number of fused-ring (bicyclic) bond motifs is 1. The van der Waals surface area contributed by atoms with E-state index in [1.54, 1.807) is 6.92 Å². The first-order valence-corrected chi connectivity index (χ1v) is 7.34. The molecular formula is C13H14N4O3S. The van der Waals surface area contributed by atoms with Crippen molar-refractivity contribution in [2.45, 2.75) is 19.9 Å². The molecule has 1 fully saturated rings. The molecule has 3 heterocycles. The van der Waals surface area contributed by atoms with E-state index in [0.717, 1.165) is 16.7 Å². The van der Waals surface area contributed by atoms with Crippen LogP contribution in [0.5, 0.6) is 0 Å². The fourth-order valence-electron chi connectivity index (χ4n) is 2.55. The van der Waals surface area contributed by atoms with Crippen molar-refractivity contribution in [3.05, 3.63) is 16.8 Å². The van der Waals surface area contributed by atoms with E-state index >= 15 is 0 Å². The van der Waals surface area contributed by atoms with Crippen LogP contribution in [0, 0.1) is 6.92 Å². The molecule has 2 aromatic heterocycles. The lowest BCUT2D eigenvalue weighted by atomic mass is 10.1. The van der Waals surface area contributed by atoms with Crippen LogP contribution in [0.15, 0.2) is 6.33 Å². The first-order valence-electron chi connectivity index (χ1n) is 6.52. The third kappa shape index (κ3) is 2.11. The molecule has 110 valence electrons. The Hall–Kier alpha value is -2.22. The van der Waals surface area contributed by atoms with Gasteiger partial charge in [-0.2, -0.15) is 0 Å². The molecule has 1 saturated heterocycles. The van der Waals surface area contributed by atoms with E-state index in [2.05, 4.69) is 15.3 Å². The first kappa shape index (κ1) is 13.7. The zero-order valence-corrected chi connectivity index (χ0v) is 12.4. The summed E-state index contributed by atoms with van der Waals surface area (Å²) in [6.07, 6.45) is 1.42. The molecule has 21 heavy (non-hydrogen) atoms. The summed E-state index contributed by atoms with van der Waals surface area (Å²) in [5.41, 5.74) is 0.649. The number of hydrogen-bond donors (Lipinski definition) is 2. The summed E-state index contributed by atoms with van der Waals surface area (Å²) in [5, 5.41) is 12.8. The van der Waals surface area contributed by atoms with Gasteiger partial charge in [0.05, 0.1) is 5.39 Å². The Kier molecular flexibility index (Phi) is 3.25. The van der Waals surface area contributed by atoms with Crippen molar-refractivity contribution < 1.29 is 14.7 Å². The fraction of sp³-hybridized carbons (Fsp3) is 0.385. The number of carbonyl (C=O) groups is 2. The Morgan fingerprint density at radius 3 is 3.00 bits per heavy atom. The van der Waals surface area contributed by atoms with E-state index in [4.69, 9.17) is 0 Å². The van der Waals surface area contributed by atoms with E-state index in [9.17, 15) is 14.7 Å². The molecular weight excluding hydrogens is 292 g/mol. The number of aromatic carboxylic acids is 1. The molecule has 1 aliphatic heterocycles. The van der Waals surface area contributed by atoms with Crippen molar-refractivity contribution in [3.8, 4) is 0 Å².